The summed E-state index contributed by atoms with van der Waals surface area (Å²) in [6, 6.07) is 17.7. The molecule has 1 aliphatic rings. The Labute approximate surface area is 177 Å². The molecular weight excluding hydrogens is 419 g/mol. The van der Waals surface area contributed by atoms with Gasteiger partial charge in [0.2, 0.25) is 5.78 Å². The zero-order valence-corrected chi connectivity index (χ0v) is 16.7. The van der Waals surface area contributed by atoms with E-state index < -0.39 is 0 Å². The second-order valence-corrected chi connectivity index (χ2v) is 7.38. The van der Waals surface area contributed by atoms with Gasteiger partial charge in [0.25, 0.3) is 0 Å². The van der Waals surface area contributed by atoms with Crippen LogP contribution in [0.1, 0.15) is 21.5 Å². The largest absolute Gasteiger partial charge is 0.489 e. The third-order valence-corrected chi connectivity index (χ3v) is 5.31. The molecule has 0 fully saturated rings. The van der Waals surface area contributed by atoms with Crippen LogP contribution in [0.15, 0.2) is 66.4 Å². The molecular formula is C22H13Cl3O3. The van der Waals surface area contributed by atoms with Crippen molar-refractivity contribution in [2.24, 2.45) is 0 Å². The summed E-state index contributed by atoms with van der Waals surface area (Å²) in [5.41, 5.74) is 2.07. The first-order valence-electron chi connectivity index (χ1n) is 8.41. The highest BCUT2D eigenvalue weighted by atomic mass is 35.5. The lowest BCUT2D eigenvalue weighted by Gasteiger charge is -2.07. The summed E-state index contributed by atoms with van der Waals surface area (Å²) in [7, 11) is 0. The quantitative estimate of drug-likeness (QED) is 0.424. The monoisotopic (exact) mass is 430 g/mol. The number of hydrogen-bond donors (Lipinski definition) is 0. The lowest BCUT2D eigenvalue weighted by Crippen LogP contribution is -1.98. The number of rotatable bonds is 4. The van der Waals surface area contributed by atoms with Gasteiger partial charge in [-0.1, -0.05) is 59.1 Å². The van der Waals surface area contributed by atoms with Gasteiger partial charge < -0.3 is 9.47 Å². The number of hydrogen-bond acceptors (Lipinski definition) is 3. The number of ketones is 1. The molecule has 1 heterocycles. The Hall–Kier alpha value is -2.46. The van der Waals surface area contributed by atoms with Crippen LogP contribution in [-0.4, -0.2) is 5.78 Å². The van der Waals surface area contributed by atoms with Crippen LogP contribution in [0.4, 0.5) is 0 Å². The van der Waals surface area contributed by atoms with Crippen molar-refractivity contribution in [2.45, 2.75) is 6.61 Å². The van der Waals surface area contributed by atoms with Crippen molar-refractivity contribution in [2.75, 3.05) is 0 Å². The van der Waals surface area contributed by atoms with Crippen LogP contribution < -0.4 is 9.47 Å². The van der Waals surface area contributed by atoms with Crippen molar-refractivity contribution in [1.29, 1.82) is 0 Å². The SMILES string of the molecule is O=C1C(=Cc2cccc(Cl)c2Cl)Oc2cc(OCc3ccc(Cl)cc3)ccc21. The molecule has 3 nitrogen and oxygen atoms in total. The van der Waals surface area contributed by atoms with Crippen LogP contribution in [0.25, 0.3) is 6.08 Å². The lowest BCUT2D eigenvalue weighted by atomic mass is 10.1. The fourth-order valence-corrected chi connectivity index (χ4v) is 3.27. The highest BCUT2D eigenvalue weighted by Gasteiger charge is 2.28. The Morgan fingerprint density at radius 1 is 0.964 bits per heavy atom. The highest BCUT2D eigenvalue weighted by Crippen LogP contribution is 2.36. The molecule has 0 N–H and O–H groups in total. The van der Waals surface area contributed by atoms with E-state index in [2.05, 4.69) is 0 Å². The van der Waals surface area contributed by atoms with Gasteiger partial charge in [-0.05, 0) is 47.5 Å². The Bertz CT molecular complexity index is 1090. The molecule has 0 radical (unpaired) electrons. The molecule has 0 amide bonds. The van der Waals surface area contributed by atoms with E-state index in [0.29, 0.717) is 44.3 Å². The van der Waals surface area contributed by atoms with E-state index in [1.807, 2.05) is 24.3 Å². The van der Waals surface area contributed by atoms with E-state index in [0.717, 1.165) is 5.56 Å². The molecule has 0 aliphatic carbocycles. The summed E-state index contributed by atoms with van der Waals surface area (Å²) in [6.45, 7) is 0.380. The van der Waals surface area contributed by atoms with Gasteiger partial charge >= 0.3 is 0 Å². The first-order chi connectivity index (χ1) is 13.5. The number of ether oxygens (including phenoxy) is 2. The smallest absolute Gasteiger partial charge is 0.231 e. The van der Waals surface area contributed by atoms with Crippen molar-refractivity contribution < 1.29 is 14.3 Å². The standard InChI is InChI=1S/C22H13Cl3O3/c23-15-6-4-13(5-7-15)12-27-16-8-9-17-19(11-16)28-20(22(17)26)10-14-2-1-3-18(24)21(14)25/h1-11H,12H2. The number of fused-ring (bicyclic) bond motifs is 1. The second-order valence-electron chi connectivity index (χ2n) is 6.16. The van der Waals surface area contributed by atoms with Crippen molar-refractivity contribution in [1.82, 2.24) is 0 Å². The molecule has 3 aromatic carbocycles. The molecule has 0 bridgehead atoms. The van der Waals surface area contributed by atoms with Gasteiger partial charge in [-0.2, -0.15) is 0 Å². The third kappa shape index (κ3) is 3.88. The third-order valence-electron chi connectivity index (χ3n) is 4.23. The van der Waals surface area contributed by atoms with E-state index in [-0.39, 0.29) is 11.5 Å². The highest BCUT2D eigenvalue weighted by molar-refractivity contribution is 6.43. The fraction of sp³-hybridized carbons (Fsp3) is 0.0455. The van der Waals surface area contributed by atoms with Gasteiger partial charge in [-0.15, -0.1) is 0 Å². The number of Topliss-reactive ketones (excluding diaryl/α,β-unsaturated/α-hetero) is 1. The van der Waals surface area contributed by atoms with Crippen molar-refractivity contribution in [3.05, 3.63) is 98.2 Å². The van der Waals surface area contributed by atoms with Gasteiger partial charge in [-0.25, -0.2) is 0 Å². The maximum Gasteiger partial charge on any atom is 0.231 e. The Balaban J connectivity index is 1.53. The summed E-state index contributed by atoms with van der Waals surface area (Å²) >= 11 is 18.1. The molecule has 0 saturated carbocycles. The average molecular weight is 432 g/mol. The predicted molar refractivity (Wildman–Crippen MR) is 112 cm³/mol. The first kappa shape index (κ1) is 18.9. The fourth-order valence-electron chi connectivity index (χ4n) is 2.78. The summed E-state index contributed by atoms with van der Waals surface area (Å²) in [5.74, 6) is 1.02. The van der Waals surface area contributed by atoms with Crippen LogP contribution in [0, 0.1) is 0 Å². The zero-order chi connectivity index (χ0) is 19.7. The van der Waals surface area contributed by atoms with Crippen LogP contribution in [-0.2, 0) is 6.61 Å². The molecule has 0 aromatic heterocycles. The molecule has 0 atom stereocenters. The molecule has 28 heavy (non-hydrogen) atoms. The summed E-state index contributed by atoms with van der Waals surface area (Å²) in [5, 5.41) is 1.46. The van der Waals surface area contributed by atoms with E-state index in [1.165, 1.54) is 0 Å². The summed E-state index contributed by atoms with van der Waals surface area (Å²) in [6.07, 6.45) is 1.59. The van der Waals surface area contributed by atoms with Crippen molar-refractivity contribution in [3.63, 3.8) is 0 Å². The minimum atomic E-state index is -0.213. The van der Waals surface area contributed by atoms with Crippen molar-refractivity contribution in [3.8, 4) is 11.5 Å². The minimum Gasteiger partial charge on any atom is -0.489 e. The zero-order valence-electron chi connectivity index (χ0n) is 14.4. The van der Waals surface area contributed by atoms with E-state index in [1.54, 1.807) is 42.5 Å². The van der Waals surface area contributed by atoms with Crippen LogP contribution in [0.3, 0.4) is 0 Å². The number of allylic oxidation sites excluding steroid dienone is 1. The Kier molecular flexibility index (Phi) is 5.31. The topological polar surface area (TPSA) is 35.5 Å². The van der Waals surface area contributed by atoms with Gasteiger partial charge in [0, 0.05) is 11.1 Å². The summed E-state index contributed by atoms with van der Waals surface area (Å²) in [4.78, 5) is 12.6. The minimum absolute atomic E-state index is 0.189. The maximum absolute atomic E-state index is 12.6. The molecule has 0 saturated heterocycles. The molecule has 4 rings (SSSR count). The van der Waals surface area contributed by atoms with E-state index in [9.17, 15) is 4.79 Å². The normalized spacial score (nSPS) is 14.1. The molecule has 140 valence electrons. The van der Waals surface area contributed by atoms with Gasteiger partial charge in [-0.3, -0.25) is 4.79 Å². The number of carbonyl (C=O) groups excluding carboxylic acids is 1. The van der Waals surface area contributed by atoms with Crippen LogP contribution >= 0.6 is 34.8 Å². The summed E-state index contributed by atoms with van der Waals surface area (Å²) < 4.78 is 11.5. The predicted octanol–water partition coefficient (Wildman–Crippen LogP) is 6.84. The van der Waals surface area contributed by atoms with E-state index in [4.69, 9.17) is 44.3 Å². The molecule has 6 heteroatoms. The lowest BCUT2D eigenvalue weighted by molar-refractivity contribution is 0.101. The maximum atomic E-state index is 12.6. The molecule has 3 aromatic rings. The number of carbonyl (C=O) groups is 1. The van der Waals surface area contributed by atoms with E-state index >= 15 is 0 Å². The second kappa shape index (κ2) is 7.88. The average Bonchev–Trinajstić information content (AvgIpc) is 3.00. The number of halogens is 3. The Morgan fingerprint density at radius 2 is 1.75 bits per heavy atom. The van der Waals surface area contributed by atoms with Gasteiger partial charge in [0.15, 0.2) is 5.76 Å². The number of benzene rings is 3. The van der Waals surface area contributed by atoms with Gasteiger partial charge in [0.1, 0.15) is 18.1 Å². The molecule has 0 unspecified atom stereocenters. The van der Waals surface area contributed by atoms with Crippen LogP contribution in [0.5, 0.6) is 11.5 Å². The Morgan fingerprint density at radius 3 is 2.54 bits per heavy atom. The molecule has 0 spiro atoms. The first-order valence-corrected chi connectivity index (χ1v) is 9.54. The van der Waals surface area contributed by atoms with Crippen molar-refractivity contribution >= 4 is 46.7 Å². The van der Waals surface area contributed by atoms with Gasteiger partial charge in [0.05, 0.1) is 15.6 Å². The molecule has 1 aliphatic heterocycles. The van der Waals surface area contributed by atoms with Crippen LogP contribution in [0.2, 0.25) is 15.1 Å².